The van der Waals surface area contributed by atoms with Crippen molar-refractivity contribution in [2.45, 2.75) is 76.8 Å². The molecule has 1 aliphatic heterocycles. The van der Waals surface area contributed by atoms with Gasteiger partial charge >= 0.3 is 0 Å². The number of nitrogens with zero attached hydrogens (tertiary/aromatic N) is 1. The van der Waals surface area contributed by atoms with Gasteiger partial charge in [-0.15, -0.1) is 0 Å². The molecule has 2 fully saturated rings. The molecule has 0 amide bonds. The monoisotopic (exact) mass is 253 g/mol. The number of hydrogen-bond donors (Lipinski definition) is 2. The molecule has 0 aromatic rings. The standard InChI is InChI=1S/C15H31N3/c1-3-15(4-2,18-11-5-6-12-18)14(17-16)10-9-13-7-8-13/h13-14,17H,3-12,16H2,1-2H3. The Morgan fingerprint density at radius 1 is 1.22 bits per heavy atom. The summed E-state index contributed by atoms with van der Waals surface area (Å²) in [7, 11) is 0. The van der Waals surface area contributed by atoms with Crippen molar-refractivity contribution in [1.82, 2.24) is 10.3 Å². The van der Waals surface area contributed by atoms with Crippen molar-refractivity contribution >= 4 is 0 Å². The smallest absolute Gasteiger partial charge is 0.0394 e. The molecule has 2 rings (SSSR count). The lowest BCUT2D eigenvalue weighted by Crippen LogP contribution is -2.61. The first-order chi connectivity index (χ1) is 8.76. The van der Waals surface area contributed by atoms with Crippen molar-refractivity contribution in [2.75, 3.05) is 13.1 Å². The molecule has 0 spiro atoms. The number of rotatable bonds is 8. The lowest BCUT2D eigenvalue weighted by molar-refractivity contribution is 0.0572. The van der Waals surface area contributed by atoms with Gasteiger partial charge in [0.1, 0.15) is 0 Å². The fourth-order valence-electron chi connectivity index (χ4n) is 3.89. The van der Waals surface area contributed by atoms with Crippen LogP contribution in [0, 0.1) is 5.92 Å². The first-order valence-electron chi connectivity index (χ1n) is 7.98. The first kappa shape index (κ1) is 14.3. The second-order valence-electron chi connectivity index (χ2n) is 6.24. The highest BCUT2D eigenvalue weighted by Crippen LogP contribution is 2.38. The van der Waals surface area contributed by atoms with Gasteiger partial charge in [0.05, 0.1) is 0 Å². The maximum Gasteiger partial charge on any atom is 0.0394 e. The number of nitrogens with one attached hydrogen (secondary N) is 1. The number of likely N-dealkylation sites (tertiary alicyclic amines) is 1. The highest BCUT2D eigenvalue weighted by molar-refractivity contribution is 5.00. The zero-order chi connectivity index (χ0) is 13.0. The number of nitrogens with two attached hydrogens (primary N) is 1. The largest absolute Gasteiger partial charge is 0.296 e. The Hall–Kier alpha value is -0.120. The molecular formula is C15H31N3. The average Bonchev–Trinajstić information content (AvgIpc) is 3.07. The molecule has 106 valence electrons. The van der Waals surface area contributed by atoms with Gasteiger partial charge in [-0.25, -0.2) is 0 Å². The maximum atomic E-state index is 5.91. The minimum Gasteiger partial charge on any atom is -0.296 e. The van der Waals surface area contributed by atoms with Crippen LogP contribution in [0.1, 0.15) is 65.2 Å². The minimum atomic E-state index is 0.292. The van der Waals surface area contributed by atoms with Crippen molar-refractivity contribution < 1.29 is 0 Å². The van der Waals surface area contributed by atoms with Crippen molar-refractivity contribution in [3.05, 3.63) is 0 Å². The highest BCUT2D eigenvalue weighted by Gasteiger charge is 2.41. The van der Waals surface area contributed by atoms with Gasteiger partial charge in [0.25, 0.3) is 0 Å². The SMILES string of the molecule is CCC(CC)(C(CCC1CC1)NN)N1CCCC1. The van der Waals surface area contributed by atoms with Gasteiger partial charge < -0.3 is 0 Å². The second-order valence-corrected chi connectivity index (χ2v) is 6.24. The van der Waals surface area contributed by atoms with Crippen LogP contribution >= 0.6 is 0 Å². The Morgan fingerprint density at radius 2 is 1.83 bits per heavy atom. The van der Waals surface area contributed by atoms with E-state index in [0.29, 0.717) is 11.6 Å². The van der Waals surface area contributed by atoms with Crippen LogP contribution in [-0.2, 0) is 0 Å². The molecule has 3 nitrogen and oxygen atoms in total. The zero-order valence-corrected chi connectivity index (χ0v) is 12.3. The molecule has 18 heavy (non-hydrogen) atoms. The maximum absolute atomic E-state index is 5.91. The fourth-order valence-corrected chi connectivity index (χ4v) is 3.89. The number of hydrogen-bond acceptors (Lipinski definition) is 3. The quantitative estimate of drug-likeness (QED) is 0.516. The summed E-state index contributed by atoms with van der Waals surface area (Å²) in [4.78, 5) is 2.71. The van der Waals surface area contributed by atoms with Gasteiger partial charge in [0.15, 0.2) is 0 Å². The highest BCUT2D eigenvalue weighted by atomic mass is 15.3. The molecule has 0 aromatic heterocycles. The summed E-state index contributed by atoms with van der Waals surface area (Å²) in [6, 6.07) is 0.464. The van der Waals surface area contributed by atoms with Gasteiger partial charge in [-0.3, -0.25) is 16.2 Å². The van der Waals surface area contributed by atoms with Gasteiger partial charge in [0.2, 0.25) is 0 Å². The van der Waals surface area contributed by atoms with E-state index in [0.717, 1.165) is 5.92 Å². The third-order valence-corrected chi connectivity index (χ3v) is 5.37. The van der Waals surface area contributed by atoms with E-state index >= 15 is 0 Å². The van der Waals surface area contributed by atoms with Crippen LogP contribution in [0.25, 0.3) is 0 Å². The topological polar surface area (TPSA) is 41.3 Å². The first-order valence-corrected chi connectivity index (χ1v) is 7.98. The zero-order valence-electron chi connectivity index (χ0n) is 12.3. The van der Waals surface area contributed by atoms with Gasteiger partial charge in [-0.2, -0.15) is 0 Å². The molecule has 1 saturated heterocycles. The van der Waals surface area contributed by atoms with E-state index in [4.69, 9.17) is 5.84 Å². The van der Waals surface area contributed by atoms with Gasteiger partial charge in [-0.05, 0) is 57.5 Å². The predicted octanol–water partition coefficient (Wildman–Crippen LogP) is 2.66. The fraction of sp³-hybridized carbons (Fsp3) is 1.00. The molecule has 1 saturated carbocycles. The molecular weight excluding hydrogens is 222 g/mol. The third-order valence-electron chi connectivity index (χ3n) is 5.37. The Bertz CT molecular complexity index is 240. The average molecular weight is 253 g/mol. The van der Waals surface area contributed by atoms with Gasteiger partial charge in [-0.1, -0.05) is 26.7 Å². The second kappa shape index (κ2) is 6.36. The minimum absolute atomic E-state index is 0.292. The molecule has 0 bridgehead atoms. The van der Waals surface area contributed by atoms with E-state index in [1.165, 1.54) is 64.5 Å². The van der Waals surface area contributed by atoms with Crippen molar-refractivity contribution in [3.8, 4) is 0 Å². The van der Waals surface area contributed by atoms with E-state index in [2.05, 4.69) is 24.2 Å². The van der Waals surface area contributed by atoms with Crippen LogP contribution in [0.15, 0.2) is 0 Å². The van der Waals surface area contributed by atoms with Crippen LogP contribution in [-0.4, -0.2) is 29.6 Å². The lowest BCUT2D eigenvalue weighted by atomic mass is 9.80. The number of hydrazine groups is 1. The molecule has 3 N–H and O–H groups in total. The summed E-state index contributed by atoms with van der Waals surface area (Å²) in [5.41, 5.74) is 3.46. The molecule has 0 radical (unpaired) electrons. The van der Waals surface area contributed by atoms with E-state index in [1.807, 2.05) is 0 Å². The van der Waals surface area contributed by atoms with Crippen molar-refractivity contribution in [3.63, 3.8) is 0 Å². The van der Waals surface area contributed by atoms with E-state index < -0.39 is 0 Å². The van der Waals surface area contributed by atoms with E-state index in [1.54, 1.807) is 0 Å². The van der Waals surface area contributed by atoms with Crippen LogP contribution in [0.5, 0.6) is 0 Å². The molecule has 1 unspecified atom stereocenters. The predicted molar refractivity (Wildman–Crippen MR) is 77.2 cm³/mol. The molecule has 2 aliphatic rings. The van der Waals surface area contributed by atoms with E-state index in [-0.39, 0.29) is 0 Å². The molecule has 1 atom stereocenters. The van der Waals surface area contributed by atoms with Crippen molar-refractivity contribution in [2.24, 2.45) is 11.8 Å². The van der Waals surface area contributed by atoms with Crippen LogP contribution < -0.4 is 11.3 Å². The van der Waals surface area contributed by atoms with Crippen LogP contribution in [0.2, 0.25) is 0 Å². The molecule has 3 heteroatoms. The van der Waals surface area contributed by atoms with Crippen LogP contribution in [0.3, 0.4) is 0 Å². The molecule has 1 heterocycles. The summed E-state index contributed by atoms with van der Waals surface area (Å²) >= 11 is 0. The molecule has 1 aliphatic carbocycles. The summed E-state index contributed by atoms with van der Waals surface area (Å²) in [6.07, 6.45) is 10.7. The van der Waals surface area contributed by atoms with E-state index in [9.17, 15) is 0 Å². The Kier molecular flexibility index (Phi) is 5.05. The summed E-state index contributed by atoms with van der Waals surface area (Å²) in [6.45, 7) is 7.21. The summed E-state index contributed by atoms with van der Waals surface area (Å²) < 4.78 is 0. The van der Waals surface area contributed by atoms with Gasteiger partial charge in [0, 0.05) is 11.6 Å². The van der Waals surface area contributed by atoms with Crippen LogP contribution in [0.4, 0.5) is 0 Å². The Morgan fingerprint density at radius 3 is 2.28 bits per heavy atom. The summed E-state index contributed by atoms with van der Waals surface area (Å²) in [5.74, 6) is 6.91. The Labute approximate surface area is 112 Å². The molecule has 0 aromatic carbocycles. The Balaban J connectivity index is 2.03. The normalized spacial score (nSPS) is 23.5. The lowest BCUT2D eigenvalue weighted by Gasteiger charge is -2.46. The third kappa shape index (κ3) is 2.89. The van der Waals surface area contributed by atoms with Crippen molar-refractivity contribution in [1.29, 1.82) is 0 Å². The summed E-state index contributed by atoms with van der Waals surface area (Å²) in [5, 5.41) is 0.